The summed E-state index contributed by atoms with van der Waals surface area (Å²) in [6.45, 7) is -0.0893. The third-order valence-corrected chi connectivity index (χ3v) is 3.92. The van der Waals surface area contributed by atoms with Crippen LogP contribution in [0.4, 0.5) is 26.3 Å². The second-order valence-electron chi connectivity index (χ2n) is 5.27. The number of nitrogens with zero attached hydrogens (tertiary/aromatic N) is 2. The van der Waals surface area contributed by atoms with Crippen molar-refractivity contribution in [3.63, 3.8) is 0 Å². The molecule has 0 radical (unpaired) electrons. The Bertz CT molecular complexity index is 849. The van der Waals surface area contributed by atoms with Crippen LogP contribution in [0.3, 0.4) is 0 Å². The number of benzene rings is 1. The van der Waals surface area contributed by atoms with Crippen molar-refractivity contribution in [3.05, 3.63) is 47.5 Å². The van der Waals surface area contributed by atoms with Gasteiger partial charge in [0.2, 0.25) is 11.8 Å². The van der Waals surface area contributed by atoms with Crippen LogP contribution in [-0.2, 0) is 6.18 Å². The van der Waals surface area contributed by atoms with E-state index in [1.807, 2.05) is 6.07 Å². The third-order valence-electron chi connectivity index (χ3n) is 3.10. The number of rotatable bonds is 7. The molecule has 0 aliphatic heterocycles. The first kappa shape index (κ1) is 21.7. The highest BCUT2D eigenvalue weighted by atomic mass is 32.2. The number of thioether (sulfide) groups is 1. The minimum atomic E-state index is -4.55. The van der Waals surface area contributed by atoms with Crippen LogP contribution in [-0.4, -0.2) is 22.9 Å². The van der Waals surface area contributed by atoms with Crippen molar-refractivity contribution < 1.29 is 35.8 Å². The minimum Gasteiger partial charge on any atom is -0.478 e. The maximum atomic E-state index is 12.8. The number of hydrogen-bond acceptors (Lipinski definition) is 5. The lowest BCUT2D eigenvalue weighted by atomic mass is 10.2. The van der Waals surface area contributed by atoms with Gasteiger partial charge in [-0.15, -0.1) is 0 Å². The van der Waals surface area contributed by atoms with Gasteiger partial charge in [0, 0.05) is 17.9 Å². The maximum absolute atomic E-state index is 12.8. The molecule has 0 saturated heterocycles. The lowest BCUT2D eigenvalue weighted by molar-refractivity contribution is -0.137. The number of alkyl halides is 6. The molecule has 150 valence electrons. The summed E-state index contributed by atoms with van der Waals surface area (Å²) in [6, 6.07) is 8.35. The largest absolute Gasteiger partial charge is 0.478 e. The molecule has 11 heteroatoms. The van der Waals surface area contributed by atoms with E-state index in [-0.39, 0.29) is 53.6 Å². The van der Waals surface area contributed by atoms with Crippen LogP contribution in [0.5, 0.6) is 17.5 Å². The SMILES string of the molecule is N#Cc1cc(OCCCSC(F)(F)F)nc(Oc2cccc(C(F)(F)F)c2)c1. The smallest absolute Gasteiger partial charge is 0.441 e. The zero-order chi connectivity index (χ0) is 20.8. The molecule has 28 heavy (non-hydrogen) atoms. The van der Waals surface area contributed by atoms with Gasteiger partial charge in [0.15, 0.2) is 0 Å². The zero-order valence-corrected chi connectivity index (χ0v) is 14.8. The van der Waals surface area contributed by atoms with Crippen molar-refractivity contribution in [2.24, 2.45) is 0 Å². The van der Waals surface area contributed by atoms with E-state index in [0.29, 0.717) is 0 Å². The summed E-state index contributed by atoms with van der Waals surface area (Å²) in [5.41, 5.74) is -5.18. The Labute approximate surface area is 160 Å². The van der Waals surface area contributed by atoms with Gasteiger partial charge in [0.05, 0.1) is 23.8 Å². The van der Waals surface area contributed by atoms with E-state index in [9.17, 15) is 26.3 Å². The lowest BCUT2D eigenvalue weighted by Crippen LogP contribution is -2.06. The molecule has 4 nitrogen and oxygen atoms in total. The van der Waals surface area contributed by atoms with Gasteiger partial charge in [-0.2, -0.15) is 36.6 Å². The minimum absolute atomic E-state index is 0.0663. The van der Waals surface area contributed by atoms with Crippen LogP contribution in [0.25, 0.3) is 0 Å². The molecule has 0 bridgehead atoms. The van der Waals surface area contributed by atoms with E-state index in [1.54, 1.807) is 0 Å². The second kappa shape index (κ2) is 9.05. The summed E-state index contributed by atoms with van der Waals surface area (Å²) in [7, 11) is 0. The van der Waals surface area contributed by atoms with Gasteiger partial charge in [0.25, 0.3) is 0 Å². The van der Waals surface area contributed by atoms with Crippen LogP contribution < -0.4 is 9.47 Å². The molecule has 2 aromatic rings. The number of hydrogen-bond donors (Lipinski definition) is 0. The lowest BCUT2D eigenvalue weighted by Gasteiger charge is -2.11. The van der Waals surface area contributed by atoms with Crippen molar-refractivity contribution in [2.75, 3.05) is 12.4 Å². The Morgan fingerprint density at radius 2 is 1.75 bits per heavy atom. The molecule has 0 atom stereocenters. The summed E-state index contributed by atoms with van der Waals surface area (Å²) in [6.07, 6.45) is -4.48. The summed E-state index contributed by atoms with van der Waals surface area (Å²) in [4.78, 5) is 3.91. The molecule has 0 saturated carbocycles. The number of halogens is 6. The van der Waals surface area contributed by atoms with E-state index < -0.39 is 17.2 Å². The van der Waals surface area contributed by atoms with Crippen LogP contribution in [0.1, 0.15) is 17.5 Å². The van der Waals surface area contributed by atoms with Crippen molar-refractivity contribution in [1.82, 2.24) is 4.98 Å². The van der Waals surface area contributed by atoms with E-state index in [2.05, 4.69) is 4.98 Å². The molecule has 1 aromatic carbocycles. The number of pyridine rings is 1. The van der Waals surface area contributed by atoms with Crippen LogP contribution in [0.15, 0.2) is 36.4 Å². The molecule has 0 amide bonds. The van der Waals surface area contributed by atoms with Crippen LogP contribution >= 0.6 is 11.8 Å². The van der Waals surface area contributed by atoms with Crippen LogP contribution in [0, 0.1) is 11.3 Å². The monoisotopic (exact) mass is 422 g/mol. The molecule has 0 fully saturated rings. The van der Waals surface area contributed by atoms with Crippen molar-refractivity contribution in [1.29, 1.82) is 5.26 Å². The fourth-order valence-electron chi connectivity index (χ4n) is 1.95. The maximum Gasteiger partial charge on any atom is 0.441 e. The van der Waals surface area contributed by atoms with Gasteiger partial charge in [-0.1, -0.05) is 17.8 Å². The third kappa shape index (κ3) is 7.19. The van der Waals surface area contributed by atoms with Gasteiger partial charge in [-0.3, -0.25) is 0 Å². The van der Waals surface area contributed by atoms with Crippen LogP contribution in [0.2, 0.25) is 0 Å². The zero-order valence-electron chi connectivity index (χ0n) is 14.0. The fourth-order valence-corrected chi connectivity index (χ4v) is 2.45. The molecule has 0 unspecified atom stereocenters. The Balaban J connectivity index is 2.05. The fraction of sp³-hybridized carbons (Fsp3) is 0.294. The summed E-state index contributed by atoms with van der Waals surface area (Å²) >= 11 is -0.185. The molecule has 1 heterocycles. The van der Waals surface area contributed by atoms with E-state index in [0.717, 1.165) is 18.2 Å². The molecular weight excluding hydrogens is 410 g/mol. The Kier molecular flexibility index (Phi) is 7.01. The van der Waals surface area contributed by atoms with Gasteiger partial charge in [-0.05, 0) is 24.6 Å². The normalized spacial score (nSPS) is 11.8. The van der Waals surface area contributed by atoms with Crippen molar-refractivity contribution in [2.45, 2.75) is 18.1 Å². The van der Waals surface area contributed by atoms with Gasteiger partial charge in [-0.25, -0.2) is 0 Å². The summed E-state index contributed by atoms with van der Waals surface area (Å²) < 4.78 is 84.9. The molecule has 0 spiro atoms. The molecule has 0 aliphatic rings. The highest BCUT2D eigenvalue weighted by molar-refractivity contribution is 8.00. The van der Waals surface area contributed by atoms with E-state index in [4.69, 9.17) is 14.7 Å². The van der Waals surface area contributed by atoms with Crippen molar-refractivity contribution in [3.8, 4) is 23.6 Å². The molecule has 0 aliphatic carbocycles. The van der Waals surface area contributed by atoms with E-state index in [1.165, 1.54) is 18.2 Å². The average molecular weight is 422 g/mol. The number of aromatic nitrogens is 1. The van der Waals surface area contributed by atoms with Crippen molar-refractivity contribution >= 4 is 11.8 Å². The standard InChI is InChI=1S/C17H12F6N2O2S/c18-16(19,20)12-3-1-4-13(9-12)27-15-8-11(10-24)7-14(25-15)26-5-2-6-28-17(21,22)23/h1,3-4,7-9H,2,5-6H2. The molecule has 0 N–H and O–H groups in total. The summed E-state index contributed by atoms with van der Waals surface area (Å²) in [5, 5.41) is 9.04. The average Bonchev–Trinajstić information content (AvgIpc) is 2.59. The Morgan fingerprint density at radius 1 is 1.04 bits per heavy atom. The highest BCUT2D eigenvalue weighted by Crippen LogP contribution is 2.33. The first-order valence-electron chi connectivity index (χ1n) is 7.67. The predicted molar refractivity (Wildman–Crippen MR) is 89.1 cm³/mol. The van der Waals surface area contributed by atoms with E-state index >= 15 is 0 Å². The van der Waals surface area contributed by atoms with Gasteiger partial charge < -0.3 is 9.47 Å². The first-order valence-corrected chi connectivity index (χ1v) is 8.66. The highest BCUT2D eigenvalue weighted by Gasteiger charge is 2.30. The quantitative estimate of drug-likeness (QED) is 0.418. The predicted octanol–water partition coefficient (Wildman–Crippen LogP) is 5.79. The van der Waals surface area contributed by atoms with Gasteiger partial charge in [0.1, 0.15) is 5.75 Å². The van der Waals surface area contributed by atoms with Gasteiger partial charge >= 0.3 is 11.7 Å². The molecule has 2 rings (SSSR count). The first-order chi connectivity index (χ1) is 13.1. The number of ether oxygens (including phenoxy) is 2. The molecular formula is C17H12F6N2O2S. The summed E-state index contributed by atoms with van der Waals surface area (Å²) in [5.74, 6) is -0.629. The Morgan fingerprint density at radius 3 is 2.39 bits per heavy atom. The molecule has 1 aromatic heterocycles. The second-order valence-corrected chi connectivity index (χ2v) is 6.43. The Hall–Kier alpha value is -2.61. The topological polar surface area (TPSA) is 55.1 Å². The number of nitriles is 1.